The van der Waals surface area contributed by atoms with Crippen molar-refractivity contribution in [3.05, 3.63) is 46.2 Å². The van der Waals surface area contributed by atoms with Crippen molar-refractivity contribution < 1.29 is 9.13 Å². The van der Waals surface area contributed by atoms with Gasteiger partial charge in [0.15, 0.2) is 4.77 Å². The number of benzene rings is 1. The van der Waals surface area contributed by atoms with E-state index in [4.69, 9.17) is 17.0 Å². The molecule has 4 nitrogen and oxygen atoms in total. The average Bonchev–Trinajstić information content (AvgIpc) is 2.71. The molecule has 0 spiro atoms. The number of ether oxygens (including phenoxy) is 1. The van der Waals surface area contributed by atoms with Crippen LogP contribution in [0.4, 0.5) is 4.39 Å². The summed E-state index contributed by atoms with van der Waals surface area (Å²) in [5, 5.41) is 6.85. The number of nitrogens with one attached hydrogen (secondary N) is 1. The first-order chi connectivity index (χ1) is 8.72. The van der Waals surface area contributed by atoms with Crippen LogP contribution in [-0.2, 0) is 17.7 Å². The molecule has 0 radical (unpaired) electrons. The van der Waals surface area contributed by atoms with Crippen molar-refractivity contribution in [3.8, 4) is 0 Å². The lowest BCUT2D eigenvalue weighted by atomic mass is 10.1. The molecule has 0 unspecified atom stereocenters. The summed E-state index contributed by atoms with van der Waals surface area (Å²) >= 11 is 5.13. The lowest BCUT2D eigenvalue weighted by Crippen LogP contribution is -2.09. The van der Waals surface area contributed by atoms with E-state index in [1.807, 2.05) is 4.57 Å². The molecular weight excluding hydrogens is 253 g/mol. The molecule has 0 fully saturated rings. The third-order valence-electron chi connectivity index (χ3n) is 2.66. The molecule has 0 aliphatic carbocycles. The van der Waals surface area contributed by atoms with Crippen LogP contribution in [0.1, 0.15) is 11.4 Å². The lowest BCUT2D eigenvalue weighted by Gasteiger charge is -2.06. The van der Waals surface area contributed by atoms with Gasteiger partial charge >= 0.3 is 0 Å². The van der Waals surface area contributed by atoms with Crippen LogP contribution in [0.2, 0.25) is 0 Å². The topological polar surface area (TPSA) is 42.8 Å². The first-order valence-corrected chi connectivity index (χ1v) is 5.99. The molecule has 0 bridgehead atoms. The van der Waals surface area contributed by atoms with Crippen LogP contribution in [0.5, 0.6) is 0 Å². The van der Waals surface area contributed by atoms with E-state index in [1.54, 1.807) is 25.3 Å². The normalized spacial score (nSPS) is 10.8. The standard InChI is InChI=1S/C12H14FN3OS/c1-17-7-6-16-11(14-15-12(16)18)8-9-4-2-3-5-10(9)13/h2-5H,6-8H2,1H3,(H,15,18). The number of methoxy groups -OCH3 is 1. The zero-order valence-electron chi connectivity index (χ0n) is 10.0. The fourth-order valence-electron chi connectivity index (χ4n) is 1.71. The highest BCUT2D eigenvalue weighted by Gasteiger charge is 2.09. The summed E-state index contributed by atoms with van der Waals surface area (Å²) in [5.74, 6) is 0.479. The van der Waals surface area contributed by atoms with Gasteiger partial charge in [0.25, 0.3) is 0 Å². The van der Waals surface area contributed by atoms with Crippen LogP contribution in [0.3, 0.4) is 0 Å². The van der Waals surface area contributed by atoms with E-state index in [-0.39, 0.29) is 5.82 Å². The maximum Gasteiger partial charge on any atom is 0.195 e. The Kier molecular flexibility index (Phi) is 4.22. The quantitative estimate of drug-likeness (QED) is 0.845. The number of H-pyrrole nitrogens is 1. The molecule has 0 aliphatic heterocycles. The Hall–Kier alpha value is -1.53. The van der Waals surface area contributed by atoms with Crippen molar-refractivity contribution in [3.63, 3.8) is 0 Å². The predicted octanol–water partition coefficient (Wildman–Crippen LogP) is 2.32. The molecule has 1 aromatic heterocycles. The van der Waals surface area contributed by atoms with Crippen LogP contribution >= 0.6 is 12.2 Å². The number of nitrogens with zero attached hydrogens (tertiary/aromatic N) is 2. The minimum Gasteiger partial charge on any atom is -0.383 e. The molecule has 0 aliphatic rings. The highest BCUT2D eigenvalue weighted by Crippen LogP contribution is 2.11. The maximum atomic E-state index is 13.6. The summed E-state index contributed by atoms with van der Waals surface area (Å²) in [5.41, 5.74) is 0.602. The van der Waals surface area contributed by atoms with Crippen molar-refractivity contribution in [2.75, 3.05) is 13.7 Å². The number of hydrogen-bond donors (Lipinski definition) is 1. The van der Waals surface area contributed by atoms with E-state index < -0.39 is 0 Å². The Morgan fingerprint density at radius 3 is 2.94 bits per heavy atom. The lowest BCUT2D eigenvalue weighted by molar-refractivity contribution is 0.186. The summed E-state index contributed by atoms with van der Waals surface area (Å²) in [6.07, 6.45) is 0.406. The first-order valence-electron chi connectivity index (χ1n) is 5.59. The highest BCUT2D eigenvalue weighted by molar-refractivity contribution is 7.71. The molecule has 1 aromatic carbocycles. The summed E-state index contributed by atoms with van der Waals surface area (Å²) in [7, 11) is 1.63. The van der Waals surface area contributed by atoms with E-state index in [0.717, 1.165) is 0 Å². The third-order valence-corrected chi connectivity index (χ3v) is 2.97. The number of halogens is 1. The molecule has 0 saturated heterocycles. The van der Waals surface area contributed by atoms with Crippen molar-refractivity contribution in [1.29, 1.82) is 0 Å². The molecule has 0 atom stereocenters. The smallest absolute Gasteiger partial charge is 0.195 e. The second-order valence-corrected chi connectivity index (χ2v) is 4.24. The molecule has 2 aromatic rings. The fourth-order valence-corrected chi connectivity index (χ4v) is 1.95. The van der Waals surface area contributed by atoms with Crippen molar-refractivity contribution in [1.82, 2.24) is 14.8 Å². The summed E-state index contributed by atoms with van der Waals surface area (Å²) < 4.78 is 20.9. The molecule has 1 heterocycles. The largest absolute Gasteiger partial charge is 0.383 e. The molecule has 1 N–H and O–H groups in total. The SMILES string of the molecule is COCCn1c(Cc2ccccc2F)n[nH]c1=S. The van der Waals surface area contributed by atoms with E-state index in [0.29, 0.717) is 35.7 Å². The van der Waals surface area contributed by atoms with E-state index in [1.165, 1.54) is 6.07 Å². The van der Waals surface area contributed by atoms with Gasteiger partial charge in [-0.05, 0) is 23.8 Å². The van der Waals surface area contributed by atoms with Crippen LogP contribution < -0.4 is 0 Å². The summed E-state index contributed by atoms with van der Waals surface area (Å²) in [6.45, 7) is 1.15. The van der Waals surface area contributed by atoms with Gasteiger partial charge < -0.3 is 9.30 Å². The molecule has 2 rings (SSSR count). The van der Waals surface area contributed by atoms with Crippen LogP contribution in [0, 0.1) is 10.6 Å². The third kappa shape index (κ3) is 2.83. The van der Waals surface area contributed by atoms with Gasteiger partial charge in [0.2, 0.25) is 0 Å². The summed E-state index contributed by atoms with van der Waals surface area (Å²) in [6, 6.07) is 6.66. The monoisotopic (exact) mass is 267 g/mol. The fraction of sp³-hybridized carbons (Fsp3) is 0.333. The van der Waals surface area contributed by atoms with Gasteiger partial charge in [0.1, 0.15) is 11.6 Å². The maximum absolute atomic E-state index is 13.6. The van der Waals surface area contributed by atoms with Crippen molar-refractivity contribution >= 4 is 12.2 Å². The van der Waals surface area contributed by atoms with E-state index >= 15 is 0 Å². The number of hydrogen-bond acceptors (Lipinski definition) is 3. The van der Waals surface area contributed by atoms with Crippen LogP contribution in [0.25, 0.3) is 0 Å². The van der Waals surface area contributed by atoms with Gasteiger partial charge in [0.05, 0.1) is 6.61 Å². The Bertz CT molecular complexity index is 579. The summed E-state index contributed by atoms with van der Waals surface area (Å²) in [4.78, 5) is 0. The van der Waals surface area contributed by atoms with E-state index in [9.17, 15) is 4.39 Å². The van der Waals surface area contributed by atoms with Gasteiger partial charge in [-0.25, -0.2) is 4.39 Å². The number of aromatic nitrogens is 3. The Labute approximate surface area is 109 Å². The Morgan fingerprint density at radius 2 is 2.22 bits per heavy atom. The highest BCUT2D eigenvalue weighted by atomic mass is 32.1. The predicted molar refractivity (Wildman–Crippen MR) is 68.5 cm³/mol. The van der Waals surface area contributed by atoms with Gasteiger partial charge in [0, 0.05) is 20.1 Å². The number of rotatable bonds is 5. The Balaban J connectivity index is 2.24. The minimum absolute atomic E-state index is 0.232. The van der Waals surface area contributed by atoms with Gasteiger partial charge in [-0.15, -0.1) is 0 Å². The second kappa shape index (κ2) is 5.88. The minimum atomic E-state index is -0.232. The van der Waals surface area contributed by atoms with E-state index in [2.05, 4.69) is 10.2 Å². The molecule has 18 heavy (non-hydrogen) atoms. The molecular formula is C12H14FN3OS. The molecule has 0 amide bonds. The average molecular weight is 267 g/mol. The molecule has 0 saturated carbocycles. The van der Waals surface area contributed by atoms with Crippen LogP contribution in [0.15, 0.2) is 24.3 Å². The molecule has 96 valence electrons. The first kappa shape index (κ1) is 12.9. The van der Waals surface area contributed by atoms with Gasteiger partial charge in [-0.1, -0.05) is 18.2 Å². The zero-order valence-corrected chi connectivity index (χ0v) is 10.8. The molecule has 6 heteroatoms. The van der Waals surface area contributed by atoms with Gasteiger partial charge in [-0.3, -0.25) is 5.10 Å². The van der Waals surface area contributed by atoms with Crippen molar-refractivity contribution in [2.24, 2.45) is 0 Å². The van der Waals surface area contributed by atoms with Crippen molar-refractivity contribution in [2.45, 2.75) is 13.0 Å². The zero-order chi connectivity index (χ0) is 13.0. The van der Waals surface area contributed by atoms with Gasteiger partial charge in [-0.2, -0.15) is 5.10 Å². The second-order valence-electron chi connectivity index (χ2n) is 3.86. The Morgan fingerprint density at radius 1 is 1.44 bits per heavy atom. The van der Waals surface area contributed by atoms with Crippen LogP contribution in [-0.4, -0.2) is 28.5 Å². The number of aromatic amines is 1.